The van der Waals surface area contributed by atoms with Gasteiger partial charge >= 0.3 is 0 Å². The van der Waals surface area contributed by atoms with E-state index in [4.69, 9.17) is 0 Å². The summed E-state index contributed by atoms with van der Waals surface area (Å²) >= 11 is 0. The van der Waals surface area contributed by atoms with E-state index in [1.54, 1.807) is 0 Å². The lowest BCUT2D eigenvalue weighted by Gasteiger charge is -2.34. The van der Waals surface area contributed by atoms with E-state index in [1.165, 1.54) is 103 Å². The van der Waals surface area contributed by atoms with E-state index >= 15 is 0 Å². The summed E-state index contributed by atoms with van der Waals surface area (Å²) < 4.78 is 7.31. The number of hydrogen-bond acceptors (Lipinski definition) is 0. The Kier molecular flexibility index (Phi) is 9.23. The quantitative estimate of drug-likeness (QED) is 0.107. The third-order valence-electron chi connectivity index (χ3n) is 14.8. The Balaban J connectivity index is 0.937. The van der Waals surface area contributed by atoms with Gasteiger partial charge in [0.25, 0.3) is 0 Å². The Hall–Kier alpha value is -8.96. The van der Waals surface area contributed by atoms with Gasteiger partial charge in [-0.15, -0.1) is 0 Å². The highest BCUT2D eigenvalue weighted by Gasteiger charge is 2.41. The first-order valence-corrected chi connectivity index (χ1v) is 26.2. The molecule has 0 unspecified atom stereocenters. The molecular formula is C66H45N3Si. The zero-order valence-corrected chi connectivity index (χ0v) is 39.3. The van der Waals surface area contributed by atoms with Crippen molar-refractivity contribution >= 4 is 94.2 Å². The average molecular weight is 908 g/mol. The molecule has 0 spiro atoms. The molecule has 3 heterocycles. The third-order valence-corrected chi connectivity index (χ3v) is 19.6. The molecule has 14 aromatic rings. The van der Waals surface area contributed by atoms with Crippen LogP contribution >= 0.6 is 0 Å². The van der Waals surface area contributed by atoms with Gasteiger partial charge in [-0.2, -0.15) is 0 Å². The highest BCUT2D eigenvalue weighted by atomic mass is 28.3. The molecule has 3 nitrogen and oxygen atoms in total. The van der Waals surface area contributed by atoms with Crippen LogP contribution in [0.4, 0.5) is 0 Å². The Morgan fingerprint density at radius 1 is 0.229 bits per heavy atom. The molecular weight excluding hydrogens is 863 g/mol. The summed E-state index contributed by atoms with van der Waals surface area (Å²) in [6.07, 6.45) is 0. The summed E-state index contributed by atoms with van der Waals surface area (Å²) in [5.74, 6) is 0. The predicted molar refractivity (Wildman–Crippen MR) is 299 cm³/mol. The van der Waals surface area contributed by atoms with Crippen molar-refractivity contribution in [2.24, 2.45) is 0 Å². The summed E-state index contributed by atoms with van der Waals surface area (Å²) in [4.78, 5) is 0. The zero-order chi connectivity index (χ0) is 46.2. The molecule has 3 aromatic heterocycles. The highest BCUT2D eigenvalue weighted by Crippen LogP contribution is 2.42. The fourth-order valence-electron chi connectivity index (χ4n) is 11.8. The molecule has 0 amide bonds. The summed E-state index contributed by atoms with van der Waals surface area (Å²) in [5, 5.41) is 12.9. The predicted octanol–water partition coefficient (Wildman–Crippen LogP) is 14.0. The van der Waals surface area contributed by atoms with Crippen molar-refractivity contribution in [3.63, 3.8) is 0 Å². The molecule has 0 bridgehead atoms. The molecule has 4 heteroatoms. The van der Waals surface area contributed by atoms with E-state index < -0.39 is 8.07 Å². The monoisotopic (exact) mass is 907 g/mol. The lowest BCUT2D eigenvalue weighted by Crippen LogP contribution is -2.74. The topological polar surface area (TPSA) is 14.8 Å². The highest BCUT2D eigenvalue weighted by molar-refractivity contribution is 7.19. The number of nitrogens with zero attached hydrogens (tertiary/aromatic N) is 3. The van der Waals surface area contributed by atoms with Gasteiger partial charge in [-0.05, 0) is 105 Å². The van der Waals surface area contributed by atoms with Gasteiger partial charge in [0.15, 0.2) is 8.07 Å². The van der Waals surface area contributed by atoms with Gasteiger partial charge in [-0.25, -0.2) is 0 Å². The number of para-hydroxylation sites is 5. The minimum atomic E-state index is -2.87. The molecule has 0 saturated heterocycles. The maximum Gasteiger partial charge on any atom is 0.179 e. The Labute approximate surface area is 407 Å². The number of rotatable bonds is 8. The first-order chi connectivity index (χ1) is 34.8. The number of benzene rings is 11. The fourth-order valence-corrected chi connectivity index (χ4v) is 16.5. The van der Waals surface area contributed by atoms with Crippen LogP contribution in [0.1, 0.15) is 0 Å². The van der Waals surface area contributed by atoms with Crippen LogP contribution in [0, 0.1) is 0 Å². The molecule has 70 heavy (non-hydrogen) atoms. The van der Waals surface area contributed by atoms with Crippen LogP contribution in [0.3, 0.4) is 0 Å². The molecule has 0 N–H and O–H groups in total. The summed E-state index contributed by atoms with van der Waals surface area (Å²) in [7, 11) is -2.87. The molecule has 0 fully saturated rings. The van der Waals surface area contributed by atoms with Crippen LogP contribution in [0.2, 0.25) is 0 Å². The SMILES string of the molecule is c1ccc(-n2c3ccccc3c3cc(-c4ccc([Si](c5ccccc5)(c5ccccc5)c5ccc(-n6c7ccccc7c7c6ccc6c8ccccc8n(-c8ccccc8)c67)cc5)cc4)ccc32)cc1. The first-order valence-electron chi connectivity index (χ1n) is 24.2. The van der Waals surface area contributed by atoms with E-state index in [9.17, 15) is 0 Å². The molecule has 0 atom stereocenters. The summed E-state index contributed by atoms with van der Waals surface area (Å²) in [6, 6.07) is 101. The Morgan fingerprint density at radius 3 is 1.21 bits per heavy atom. The zero-order valence-electron chi connectivity index (χ0n) is 38.3. The molecule has 11 aromatic carbocycles. The second kappa shape index (κ2) is 16.1. The van der Waals surface area contributed by atoms with Crippen LogP contribution in [-0.4, -0.2) is 21.8 Å². The lowest BCUT2D eigenvalue weighted by atomic mass is 10.0. The van der Waals surface area contributed by atoms with Crippen LogP contribution in [-0.2, 0) is 0 Å². The van der Waals surface area contributed by atoms with Gasteiger partial charge < -0.3 is 13.7 Å². The van der Waals surface area contributed by atoms with Gasteiger partial charge in [-0.1, -0.05) is 200 Å². The maximum absolute atomic E-state index is 2.87. The van der Waals surface area contributed by atoms with E-state index in [1.807, 2.05) is 0 Å². The van der Waals surface area contributed by atoms with Gasteiger partial charge in [0, 0.05) is 49.4 Å². The lowest BCUT2D eigenvalue weighted by molar-refractivity contribution is 1.17. The minimum absolute atomic E-state index is 1.14. The molecule has 328 valence electrons. The van der Waals surface area contributed by atoms with Crippen molar-refractivity contribution < 1.29 is 0 Å². The number of aromatic nitrogens is 3. The maximum atomic E-state index is 2.47. The third kappa shape index (κ3) is 6.00. The second-order valence-electron chi connectivity index (χ2n) is 18.4. The van der Waals surface area contributed by atoms with Crippen molar-refractivity contribution in [2.75, 3.05) is 0 Å². The minimum Gasteiger partial charge on any atom is -0.309 e. The van der Waals surface area contributed by atoms with Crippen molar-refractivity contribution in [1.82, 2.24) is 13.7 Å². The first kappa shape index (κ1) is 40.1. The van der Waals surface area contributed by atoms with E-state index in [0.29, 0.717) is 0 Å². The molecule has 0 radical (unpaired) electrons. The van der Waals surface area contributed by atoms with Crippen LogP contribution in [0.25, 0.3) is 93.6 Å². The fraction of sp³-hybridized carbons (Fsp3) is 0. The van der Waals surface area contributed by atoms with Gasteiger partial charge in [0.05, 0.1) is 33.1 Å². The average Bonchev–Trinajstić information content (AvgIpc) is 4.08. The van der Waals surface area contributed by atoms with Gasteiger partial charge in [-0.3, -0.25) is 0 Å². The summed E-state index contributed by atoms with van der Waals surface area (Å²) in [6.45, 7) is 0. The van der Waals surface area contributed by atoms with Crippen molar-refractivity contribution in [3.05, 3.63) is 273 Å². The second-order valence-corrected chi connectivity index (χ2v) is 22.2. The van der Waals surface area contributed by atoms with Crippen LogP contribution in [0.5, 0.6) is 0 Å². The molecule has 14 rings (SSSR count). The standard InChI is InChI=1S/C66H45N3Si/c1-5-19-48(20-6-1)67-60-30-16-14-28-56(60)59-45-47(35-43-63(59)67)46-33-38-53(39-34-46)70(51-23-9-3-10-24-51,52-25-11-4-12-26-52)54-40-36-50(37-41-54)68-62-32-18-15-29-58(62)65-64(68)44-42-57-55-27-13-17-31-61(55)69(66(57)65)49-21-7-2-8-22-49/h1-45H. The van der Waals surface area contributed by atoms with Gasteiger partial charge in [0.2, 0.25) is 0 Å². The molecule has 0 aliphatic carbocycles. The molecule has 0 saturated carbocycles. The normalized spacial score (nSPS) is 12.0. The van der Waals surface area contributed by atoms with Crippen molar-refractivity contribution in [2.45, 2.75) is 0 Å². The van der Waals surface area contributed by atoms with E-state index in [2.05, 4.69) is 287 Å². The van der Waals surface area contributed by atoms with Crippen molar-refractivity contribution in [1.29, 1.82) is 0 Å². The van der Waals surface area contributed by atoms with Gasteiger partial charge in [0.1, 0.15) is 0 Å². The smallest absolute Gasteiger partial charge is 0.179 e. The van der Waals surface area contributed by atoms with Crippen LogP contribution < -0.4 is 20.7 Å². The molecule has 0 aliphatic rings. The van der Waals surface area contributed by atoms with E-state index in [0.717, 1.165) is 11.4 Å². The largest absolute Gasteiger partial charge is 0.309 e. The van der Waals surface area contributed by atoms with Crippen molar-refractivity contribution in [3.8, 4) is 28.2 Å². The molecule has 0 aliphatic heterocycles. The Bertz CT molecular complexity index is 4210. The Morgan fingerprint density at radius 2 is 0.614 bits per heavy atom. The number of fused-ring (bicyclic) bond motifs is 10. The number of hydrogen-bond donors (Lipinski definition) is 0. The van der Waals surface area contributed by atoms with Crippen LogP contribution in [0.15, 0.2) is 273 Å². The van der Waals surface area contributed by atoms with E-state index in [-0.39, 0.29) is 0 Å². The summed E-state index contributed by atoms with van der Waals surface area (Å²) in [5.41, 5.74) is 13.1.